The Labute approximate surface area is 177 Å². The number of thioether (sulfide) groups is 1. The summed E-state index contributed by atoms with van der Waals surface area (Å²) in [5.74, 6) is -2.08. The third-order valence-corrected chi connectivity index (χ3v) is 6.46. The van der Waals surface area contributed by atoms with Crippen LogP contribution in [0.2, 0.25) is 0 Å². The van der Waals surface area contributed by atoms with Gasteiger partial charge in [-0.15, -0.1) is 0 Å². The molecule has 0 aromatic heterocycles. The Morgan fingerprint density at radius 3 is 2.40 bits per heavy atom. The molecule has 2 aromatic rings. The van der Waals surface area contributed by atoms with Gasteiger partial charge >= 0.3 is 0 Å². The van der Waals surface area contributed by atoms with Gasteiger partial charge < -0.3 is 10.5 Å². The van der Waals surface area contributed by atoms with Gasteiger partial charge in [-0.2, -0.15) is 5.26 Å². The summed E-state index contributed by atoms with van der Waals surface area (Å²) in [5, 5.41) is 9.22. The summed E-state index contributed by atoms with van der Waals surface area (Å²) in [4.78, 5) is 27.5. The molecule has 2 aliphatic heterocycles. The van der Waals surface area contributed by atoms with Crippen LogP contribution in [0.3, 0.4) is 0 Å². The number of amides is 2. The highest BCUT2D eigenvalue weighted by molar-refractivity contribution is 8.04. The Kier molecular flexibility index (Phi) is 5.22. The molecule has 0 saturated carbocycles. The van der Waals surface area contributed by atoms with Crippen molar-refractivity contribution in [2.45, 2.75) is 18.1 Å². The molecule has 3 unspecified atom stereocenters. The SMILES string of the molecule is CCOc1ccc(C2C(C#N)=C(N)SC3C(=O)N(c4ccc(F)cc4)C(=O)C32)cc1. The van der Waals surface area contributed by atoms with Crippen molar-refractivity contribution in [3.8, 4) is 11.8 Å². The molecule has 2 N–H and O–H groups in total. The summed E-state index contributed by atoms with van der Waals surface area (Å²) in [5.41, 5.74) is 7.40. The van der Waals surface area contributed by atoms with E-state index in [0.717, 1.165) is 16.7 Å². The topological polar surface area (TPSA) is 96.4 Å². The van der Waals surface area contributed by atoms with Crippen LogP contribution in [-0.2, 0) is 9.59 Å². The smallest absolute Gasteiger partial charge is 0.248 e. The van der Waals surface area contributed by atoms with E-state index in [9.17, 15) is 19.2 Å². The number of anilines is 1. The standard InChI is InChI=1S/C22H18FN3O3S/c1-2-29-15-9-3-12(4-10-15)17-16(11-24)20(25)30-19-18(17)21(27)26(22(19)28)14-7-5-13(23)6-8-14/h3-10,17-19H,2,25H2,1H3. The highest BCUT2D eigenvalue weighted by Gasteiger charge is 2.56. The first kappa shape index (κ1) is 20.0. The van der Waals surface area contributed by atoms with E-state index >= 15 is 0 Å². The van der Waals surface area contributed by atoms with Gasteiger partial charge in [0.05, 0.1) is 34.9 Å². The lowest BCUT2D eigenvalue weighted by atomic mass is 9.79. The van der Waals surface area contributed by atoms with Gasteiger partial charge in [0, 0.05) is 5.92 Å². The molecular formula is C22H18FN3O3S. The number of hydrogen-bond donors (Lipinski definition) is 1. The minimum atomic E-state index is -0.785. The first-order chi connectivity index (χ1) is 14.5. The summed E-state index contributed by atoms with van der Waals surface area (Å²) >= 11 is 1.04. The third-order valence-electron chi connectivity index (χ3n) is 5.24. The molecule has 3 atom stereocenters. The van der Waals surface area contributed by atoms with Crippen molar-refractivity contribution in [2.75, 3.05) is 11.5 Å². The first-order valence-corrected chi connectivity index (χ1v) is 10.3. The molecule has 2 heterocycles. The van der Waals surface area contributed by atoms with Crippen molar-refractivity contribution >= 4 is 29.3 Å². The monoisotopic (exact) mass is 423 g/mol. The zero-order chi connectivity index (χ0) is 21.4. The molecule has 0 aliphatic carbocycles. The Hall–Kier alpha value is -3.31. The predicted octanol–water partition coefficient (Wildman–Crippen LogP) is 3.31. The molecular weight excluding hydrogens is 405 g/mol. The molecule has 2 aromatic carbocycles. The number of nitrogens with zero attached hydrogens (tertiary/aromatic N) is 2. The Bertz CT molecular complexity index is 1080. The van der Waals surface area contributed by atoms with E-state index in [1.54, 1.807) is 24.3 Å². The van der Waals surface area contributed by atoms with Gasteiger partial charge in [0.1, 0.15) is 16.8 Å². The van der Waals surface area contributed by atoms with Gasteiger partial charge in [-0.25, -0.2) is 9.29 Å². The van der Waals surface area contributed by atoms with E-state index in [-0.39, 0.29) is 10.6 Å². The number of fused-ring (bicyclic) bond motifs is 1. The van der Waals surface area contributed by atoms with Gasteiger partial charge in [-0.3, -0.25) is 9.59 Å². The normalized spacial score (nSPS) is 23.4. The van der Waals surface area contributed by atoms with Crippen LogP contribution in [0.5, 0.6) is 5.75 Å². The number of halogens is 1. The lowest BCUT2D eigenvalue weighted by Crippen LogP contribution is -2.33. The lowest BCUT2D eigenvalue weighted by molar-refractivity contribution is -0.122. The van der Waals surface area contributed by atoms with E-state index in [1.807, 2.05) is 6.92 Å². The molecule has 1 fully saturated rings. The summed E-state index contributed by atoms with van der Waals surface area (Å²) in [6, 6.07) is 14.4. The van der Waals surface area contributed by atoms with Crippen molar-refractivity contribution in [1.29, 1.82) is 5.26 Å². The number of carbonyl (C=O) groups is 2. The van der Waals surface area contributed by atoms with Crippen LogP contribution in [0.1, 0.15) is 18.4 Å². The van der Waals surface area contributed by atoms with Gasteiger partial charge in [0.25, 0.3) is 0 Å². The molecule has 8 heteroatoms. The zero-order valence-corrected chi connectivity index (χ0v) is 16.9. The maximum Gasteiger partial charge on any atom is 0.248 e. The first-order valence-electron chi connectivity index (χ1n) is 9.38. The predicted molar refractivity (Wildman–Crippen MR) is 111 cm³/mol. The second-order valence-corrected chi connectivity index (χ2v) is 8.11. The van der Waals surface area contributed by atoms with Crippen molar-refractivity contribution in [2.24, 2.45) is 11.7 Å². The number of benzene rings is 2. The summed E-state index contributed by atoms with van der Waals surface area (Å²) in [6.45, 7) is 2.39. The summed E-state index contributed by atoms with van der Waals surface area (Å²) in [7, 11) is 0. The zero-order valence-electron chi connectivity index (χ0n) is 16.0. The molecule has 2 aliphatic rings. The van der Waals surface area contributed by atoms with E-state index in [1.165, 1.54) is 24.3 Å². The Morgan fingerprint density at radius 2 is 1.80 bits per heavy atom. The molecule has 6 nitrogen and oxygen atoms in total. The summed E-state index contributed by atoms with van der Waals surface area (Å²) < 4.78 is 18.8. The van der Waals surface area contributed by atoms with Crippen LogP contribution in [0.25, 0.3) is 0 Å². The maximum atomic E-state index is 13.4. The molecule has 30 heavy (non-hydrogen) atoms. The fourth-order valence-corrected chi connectivity index (χ4v) is 5.12. The third kappa shape index (κ3) is 3.21. The number of allylic oxidation sites excluding steroid dienone is 1. The molecule has 4 rings (SSSR count). The van der Waals surface area contributed by atoms with Crippen LogP contribution >= 0.6 is 11.8 Å². The van der Waals surface area contributed by atoms with E-state index in [4.69, 9.17) is 10.5 Å². The molecule has 2 amide bonds. The van der Waals surface area contributed by atoms with Crippen LogP contribution in [-0.4, -0.2) is 23.7 Å². The average molecular weight is 423 g/mol. The van der Waals surface area contributed by atoms with Crippen molar-refractivity contribution in [3.63, 3.8) is 0 Å². The largest absolute Gasteiger partial charge is 0.494 e. The maximum absolute atomic E-state index is 13.4. The van der Waals surface area contributed by atoms with Gasteiger partial charge in [0.15, 0.2) is 0 Å². The number of ether oxygens (including phenoxy) is 1. The highest BCUT2D eigenvalue weighted by atomic mass is 32.2. The number of nitriles is 1. The number of imide groups is 1. The van der Waals surface area contributed by atoms with Crippen LogP contribution in [0, 0.1) is 23.1 Å². The van der Waals surface area contributed by atoms with E-state index in [2.05, 4.69) is 6.07 Å². The van der Waals surface area contributed by atoms with Crippen LogP contribution < -0.4 is 15.4 Å². The van der Waals surface area contributed by atoms with Gasteiger partial charge in [-0.05, 0) is 48.9 Å². The number of carbonyl (C=O) groups excluding carboxylic acids is 2. The molecule has 0 radical (unpaired) electrons. The average Bonchev–Trinajstić information content (AvgIpc) is 2.98. The van der Waals surface area contributed by atoms with Crippen molar-refractivity contribution < 1.29 is 18.7 Å². The molecule has 0 bridgehead atoms. The van der Waals surface area contributed by atoms with Crippen molar-refractivity contribution in [1.82, 2.24) is 0 Å². The van der Waals surface area contributed by atoms with E-state index < -0.39 is 34.7 Å². The Morgan fingerprint density at radius 1 is 1.13 bits per heavy atom. The van der Waals surface area contributed by atoms with Crippen molar-refractivity contribution in [3.05, 3.63) is 70.5 Å². The fraction of sp³-hybridized carbons (Fsp3) is 0.227. The molecule has 152 valence electrons. The van der Waals surface area contributed by atoms with Gasteiger partial charge in [0.2, 0.25) is 11.8 Å². The molecule has 0 spiro atoms. The second kappa shape index (κ2) is 7.84. The highest BCUT2D eigenvalue weighted by Crippen LogP contribution is 2.50. The van der Waals surface area contributed by atoms with Crippen LogP contribution in [0.15, 0.2) is 59.1 Å². The fourth-order valence-electron chi connectivity index (χ4n) is 3.92. The van der Waals surface area contributed by atoms with Gasteiger partial charge in [-0.1, -0.05) is 23.9 Å². The number of hydrogen-bond acceptors (Lipinski definition) is 6. The minimum Gasteiger partial charge on any atom is -0.494 e. The second-order valence-electron chi connectivity index (χ2n) is 6.92. The Balaban J connectivity index is 1.77. The number of nitrogens with two attached hydrogens (primary N) is 1. The summed E-state index contributed by atoms with van der Waals surface area (Å²) in [6.07, 6.45) is 0. The quantitative estimate of drug-likeness (QED) is 0.758. The van der Waals surface area contributed by atoms with E-state index in [0.29, 0.717) is 23.6 Å². The van der Waals surface area contributed by atoms with Crippen LogP contribution in [0.4, 0.5) is 10.1 Å². The molecule has 1 saturated heterocycles. The minimum absolute atomic E-state index is 0.236. The number of rotatable bonds is 4. The lowest BCUT2D eigenvalue weighted by Gasteiger charge is -2.30.